The second-order valence-electron chi connectivity index (χ2n) is 7.02. The minimum absolute atomic E-state index is 0.0865. The van der Waals surface area contributed by atoms with Crippen molar-refractivity contribution in [3.05, 3.63) is 24.3 Å². The predicted octanol–water partition coefficient (Wildman–Crippen LogP) is 3.45. The molecule has 2 aliphatic heterocycles. The first-order valence-electron chi connectivity index (χ1n) is 9.66. The third-order valence-electron chi connectivity index (χ3n) is 4.92. The van der Waals surface area contributed by atoms with Crippen LogP contribution in [0.15, 0.2) is 24.3 Å². The number of hydrogen-bond acceptors (Lipinski definition) is 4. The number of nitrogens with one attached hydrogen (secondary N) is 1. The zero-order chi connectivity index (χ0) is 17.3. The van der Waals surface area contributed by atoms with E-state index in [4.69, 9.17) is 9.47 Å². The van der Waals surface area contributed by atoms with Crippen molar-refractivity contribution >= 4 is 11.6 Å². The van der Waals surface area contributed by atoms with Gasteiger partial charge >= 0.3 is 0 Å². The molecule has 0 radical (unpaired) electrons. The van der Waals surface area contributed by atoms with Gasteiger partial charge in [0.1, 0.15) is 12.4 Å². The molecule has 1 aromatic rings. The Labute approximate surface area is 150 Å². The molecule has 2 aliphatic rings. The third-order valence-corrected chi connectivity index (χ3v) is 4.92. The van der Waals surface area contributed by atoms with Gasteiger partial charge in [0.2, 0.25) is 5.91 Å². The molecule has 0 bridgehead atoms. The number of benzene rings is 1. The summed E-state index contributed by atoms with van der Waals surface area (Å²) in [5.74, 6) is 0.907. The molecule has 0 saturated carbocycles. The van der Waals surface area contributed by atoms with Crippen LogP contribution in [0.3, 0.4) is 0 Å². The molecule has 2 fully saturated rings. The monoisotopic (exact) mass is 346 g/mol. The molecule has 5 nitrogen and oxygen atoms in total. The zero-order valence-corrected chi connectivity index (χ0v) is 15.0. The minimum atomic E-state index is 0.0865. The minimum Gasteiger partial charge on any atom is -0.491 e. The van der Waals surface area contributed by atoms with Gasteiger partial charge in [-0.25, -0.2) is 0 Å². The maximum Gasteiger partial charge on any atom is 0.224 e. The van der Waals surface area contributed by atoms with Crippen LogP contribution in [-0.4, -0.2) is 49.8 Å². The van der Waals surface area contributed by atoms with Gasteiger partial charge in [0.05, 0.1) is 6.10 Å². The quantitative estimate of drug-likeness (QED) is 0.783. The number of nitrogens with zero attached hydrogens (tertiary/aromatic N) is 1. The zero-order valence-electron chi connectivity index (χ0n) is 15.0. The molecule has 1 unspecified atom stereocenters. The highest BCUT2D eigenvalue weighted by Gasteiger charge is 2.14. The Morgan fingerprint density at radius 2 is 1.96 bits per heavy atom. The largest absolute Gasteiger partial charge is 0.491 e. The topological polar surface area (TPSA) is 50.8 Å². The summed E-state index contributed by atoms with van der Waals surface area (Å²) in [7, 11) is 0. The number of amides is 1. The lowest BCUT2D eigenvalue weighted by atomic mass is 10.1. The Balaban J connectivity index is 1.34. The van der Waals surface area contributed by atoms with Crippen molar-refractivity contribution in [3.8, 4) is 5.75 Å². The molecule has 5 heteroatoms. The van der Waals surface area contributed by atoms with Gasteiger partial charge in [-0.3, -0.25) is 4.79 Å². The van der Waals surface area contributed by atoms with E-state index in [9.17, 15) is 4.79 Å². The molecule has 138 valence electrons. The molecule has 0 aliphatic carbocycles. The molecule has 2 saturated heterocycles. The molecule has 1 aromatic carbocycles. The van der Waals surface area contributed by atoms with E-state index in [0.717, 1.165) is 43.9 Å². The highest BCUT2D eigenvalue weighted by atomic mass is 16.5. The van der Waals surface area contributed by atoms with Crippen LogP contribution in [0.4, 0.5) is 5.69 Å². The van der Waals surface area contributed by atoms with E-state index in [1.807, 2.05) is 24.3 Å². The van der Waals surface area contributed by atoms with Gasteiger partial charge in [0.15, 0.2) is 0 Å². The first kappa shape index (κ1) is 18.2. The van der Waals surface area contributed by atoms with Gasteiger partial charge in [-0.2, -0.15) is 0 Å². The molecule has 0 aromatic heterocycles. The summed E-state index contributed by atoms with van der Waals surface area (Å²) < 4.78 is 11.4. The first-order chi connectivity index (χ1) is 12.3. The maximum atomic E-state index is 12.0. The van der Waals surface area contributed by atoms with E-state index >= 15 is 0 Å². The average Bonchev–Trinajstić information content (AvgIpc) is 3.15. The average molecular weight is 346 g/mol. The normalized spacial score (nSPS) is 21.2. The molecule has 2 heterocycles. The number of hydrogen-bond donors (Lipinski definition) is 1. The summed E-state index contributed by atoms with van der Waals surface area (Å²) in [5.41, 5.74) is 0.826. The Bertz CT molecular complexity index is 520. The lowest BCUT2D eigenvalue weighted by Gasteiger charge is -2.22. The summed E-state index contributed by atoms with van der Waals surface area (Å²) in [5, 5.41) is 2.96. The number of anilines is 1. The highest BCUT2D eigenvalue weighted by Crippen LogP contribution is 2.19. The highest BCUT2D eigenvalue weighted by molar-refractivity contribution is 5.90. The van der Waals surface area contributed by atoms with Crippen LogP contribution in [0.1, 0.15) is 44.9 Å². The smallest absolute Gasteiger partial charge is 0.224 e. The number of carbonyl (C=O) groups is 1. The number of carbonyl (C=O) groups excluding carboxylic acids is 1. The van der Waals surface area contributed by atoms with Crippen molar-refractivity contribution in [2.24, 2.45) is 0 Å². The van der Waals surface area contributed by atoms with Crippen LogP contribution in [0.5, 0.6) is 5.75 Å². The van der Waals surface area contributed by atoms with E-state index < -0.39 is 0 Å². The predicted molar refractivity (Wildman–Crippen MR) is 99.1 cm³/mol. The Morgan fingerprint density at radius 1 is 1.16 bits per heavy atom. The van der Waals surface area contributed by atoms with Gasteiger partial charge in [-0.05, 0) is 82.4 Å². The van der Waals surface area contributed by atoms with Gasteiger partial charge < -0.3 is 19.7 Å². The van der Waals surface area contributed by atoms with Crippen LogP contribution in [0, 0.1) is 0 Å². The molecule has 1 amide bonds. The van der Waals surface area contributed by atoms with E-state index in [1.54, 1.807) is 0 Å². The number of ether oxygens (including phenoxy) is 2. The first-order valence-corrected chi connectivity index (χ1v) is 9.66. The lowest BCUT2D eigenvalue weighted by Crippen LogP contribution is -2.25. The number of likely N-dealkylation sites (tertiary alicyclic amines) is 1. The SMILES string of the molecule is O=C(CCCN1CCCC1)Nc1ccc(OCC2CCCCO2)cc1. The maximum absolute atomic E-state index is 12.0. The van der Waals surface area contributed by atoms with E-state index in [-0.39, 0.29) is 12.0 Å². The summed E-state index contributed by atoms with van der Waals surface area (Å²) in [6.07, 6.45) is 7.76. The summed E-state index contributed by atoms with van der Waals surface area (Å²) in [6, 6.07) is 7.61. The molecular weight excluding hydrogens is 316 g/mol. The van der Waals surface area contributed by atoms with Gasteiger partial charge in [-0.1, -0.05) is 0 Å². The van der Waals surface area contributed by atoms with Crippen LogP contribution in [0.25, 0.3) is 0 Å². The molecule has 1 atom stereocenters. The van der Waals surface area contributed by atoms with Crippen LogP contribution >= 0.6 is 0 Å². The molecule has 25 heavy (non-hydrogen) atoms. The van der Waals surface area contributed by atoms with Crippen LogP contribution in [-0.2, 0) is 9.53 Å². The Kier molecular flexibility index (Phi) is 7.12. The van der Waals surface area contributed by atoms with Crippen molar-refractivity contribution in [1.29, 1.82) is 0 Å². The van der Waals surface area contributed by atoms with E-state index in [2.05, 4.69) is 10.2 Å². The fourth-order valence-corrected chi connectivity index (χ4v) is 3.46. The molecule has 1 N–H and O–H groups in total. The fraction of sp³-hybridized carbons (Fsp3) is 0.650. The lowest BCUT2D eigenvalue weighted by molar-refractivity contribution is -0.116. The third kappa shape index (κ3) is 6.33. The number of rotatable bonds is 8. The standard InChI is InChI=1S/C20H30N2O3/c23-20(7-5-14-22-12-2-3-13-22)21-17-8-10-18(11-9-17)25-16-19-6-1-4-15-24-19/h8-11,19H,1-7,12-16H2,(H,21,23). The van der Waals surface area contributed by atoms with Crippen LogP contribution < -0.4 is 10.1 Å². The van der Waals surface area contributed by atoms with Crippen LogP contribution in [0.2, 0.25) is 0 Å². The van der Waals surface area contributed by atoms with E-state index in [1.165, 1.54) is 32.4 Å². The molecular formula is C20H30N2O3. The summed E-state index contributed by atoms with van der Waals surface area (Å²) >= 11 is 0. The molecule has 3 rings (SSSR count). The van der Waals surface area contributed by atoms with E-state index in [0.29, 0.717) is 13.0 Å². The van der Waals surface area contributed by atoms with Crippen molar-refractivity contribution in [2.75, 3.05) is 38.2 Å². The van der Waals surface area contributed by atoms with Crippen molar-refractivity contribution in [3.63, 3.8) is 0 Å². The second kappa shape index (κ2) is 9.78. The Hall–Kier alpha value is -1.59. The Morgan fingerprint density at radius 3 is 2.68 bits per heavy atom. The molecule has 0 spiro atoms. The van der Waals surface area contributed by atoms with Gasteiger partial charge in [-0.15, -0.1) is 0 Å². The summed E-state index contributed by atoms with van der Waals surface area (Å²) in [4.78, 5) is 14.5. The van der Waals surface area contributed by atoms with Crippen molar-refractivity contribution in [2.45, 2.75) is 51.0 Å². The van der Waals surface area contributed by atoms with Crippen molar-refractivity contribution < 1.29 is 14.3 Å². The van der Waals surface area contributed by atoms with Crippen molar-refractivity contribution in [1.82, 2.24) is 4.90 Å². The fourth-order valence-electron chi connectivity index (χ4n) is 3.46. The summed E-state index contributed by atoms with van der Waals surface area (Å²) in [6.45, 7) is 4.85. The van der Waals surface area contributed by atoms with Gasteiger partial charge in [0, 0.05) is 18.7 Å². The van der Waals surface area contributed by atoms with Gasteiger partial charge in [0.25, 0.3) is 0 Å². The second-order valence-corrected chi connectivity index (χ2v) is 7.02.